The summed E-state index contributed by atoms with van der Waals surface area (Å²) in [5, 5.41) is 0. The highest BCUT2D eigenvalue weighted by atomic mass is 79.9. The first-order valence-electron chi connectivity index (χ1n) is 4.65. The second-order valence-electron chi connectivity index (χ2n) is 3.63. The normalized spacial score (nSPS) is 14.4. The molecule has 0 aromatic heterocycles. The molecule has 2 rings (SSSR count). The van der Waals surface area contributed by atoms with Crippen molar-refractivity contribution in [3.8, 4) is 0 Å². The van der Waals surface area contributed by atoms with Crippen molar-refractivity contribution in [3.63, 3.8) is 0 Å². The Morgan fingerprint density at radius 3 is 2.85 bits per heavy atom. The van der Waals surface area contributed by atoms with Gasteiger partial charge in [0.25, 0.3) is 0 Å². The summed E-state index contributed by atoms with van der Waals surface area (Å²) in [5.74, 6) is 0. The zero-order valence-corrected chi connectivity index (χ0v) is 9.61. The molecule has 0 atom stereocenters. The molecule has 0 spiro atoms. The van der Waals surface area contributed by atoms with Crippen LogP contribution in [0.3, 0.4) is 0 Å². The molecule has 68 valence electrons. The molecular formula is C12H13Br. The van der Waals surface area contributed by atoms with Crippen LogP contribution >= 0.6 is 15.9 Å². The van der Waals surface area contributed by atoms with Crippen molar-refractivity contribution in [2.24, 2.45) is 0 Å². The van der Waals surface area contributed by atoms with Gasteiger partial charge in [-0.15, -0.1) is 0 Å². The van der Waals surface area contributed by atoms with Gasteiger partial charge in [0.2, 0.25) is 0 Å². The molecule has 0 saturated carbocycles. The van der Waals surface area contributed by atoms with E-state index in [1.54, 1.807) is 0 Å². The highest BCUT2D eigenvalue weighted by molar-refractivity contribution is 9.10. The molecule has 0 amide bonds. The molecule has 1 aliphatic rings. The first-order valence-corrected chi connectivity index (χ1v) is 5.44. The smallest absolute Gasteiger partial charge is 0.0210 e. The molecule has 1 aromatic carbocycles. The van der Waals surface area contributed by atoms with Gasteiger partial charge < -0.3 is 0 Å². The molecule has 1 aliphatic carbocycles. The van der Waals surface area contributed by atoms with E-state index in [0.29, 0.717) is 0 Å². The van der Waals surface area contributed by atoms with E-state index in [9.17, 15) is 0 Å². The van der Waals surface area contributed by atoms with E-state index in [4.69, 9.17) is 0 Å². The molecule has 0 nitrogen and oxygen atoms in total. The lowest BCUT2D eigenvalue weighted by atomic mass is 9.90. The second kappa shape index (κ2) is 3.30. The summed E-state index contributed by atoms with van der Waals surface area (Å²) in [6, 6.07) is 2.21. The van der Waals surface area contributed by atoms with Crippen LogP contribution in [0.1, 0.15) is 28.7 Å². The van der Waals surface area contributed by atoms with Crippen LogP contribution in [0.2, 0.25) is 0 Å². The third-order valence-electron chi connectivity index (χ3n) is 2.75. The number of hydrogen-bond donors (Lipinski definition) is 0. The Bertz CT molecular complexity index is 375. The molecule has 0 heterocycles. The van der Waals surface area contributed by atoms with Crippen LogP contribution in [0.25, 0.3) is 6.08 Å². The summed E-state index contributed by atoms with van der Waals surface area (Å²) in [6.07, 6.45) is 6.90. The summed E-state index contributed by atoms with van der Waals surface area (Å²) in [4.78, 5) is 0. The highest BCUT2D eigenvalue weighted by Gasteiger charge is 2.11. The monoisotopic (exact) mass is 236 g/mol. The summed E-state index contributed by atoms with van der Waals surface area (Å²) in [6.45, 7) is 4.38. The van der Waals surface area contributed by atoms with Gasteiger partial charge in [-0.1, -0.05) is 28.1 Å². The minimum atomic E-state index is 1.18. The van der Waals surface area contributed by atoms with Gasteiger partial charge in [-0.3, -0.25) is 0 Å². The lowest BCUT2D eigenvalue weighted by molar-refractivity contribution is 0.963. The fourth-order valence-corrected chi connectivity index (χ4v) is 2.53. The van der Waals surface area contributed by atoms with Gasteiger partial charge >= 0.3 is 0 Å². The lowest BCUT2D eigenvalue weighted by Gasteiger charge is -2.17. The zero-order valence-electron chi connectivity index (χ0n) is 8.02. The molecular weight excluding hydrogens is 224 g/mol. The maximum atomic E-state index is 3.60. The molecule has 13 heavy (non-hydrogen) atoms. The minimum Gasteiger partial charge on any atom is -0.0836 e. The Kier molecular flexibility index (Phi) is 2.29. The quantitative estimate of drug-likeness (QED) is 0.639. The highest BCUT2D eigenvalue weighted by Crippen LogP contribution is 2.30. The Labute approximate surface area is 87.8 Å². The molecule has 0 saturated heterocycles. The van der Waals surface area contributed by atoms with Crippen molar-refractivity contribution in [2.45, 2.75) is 26.7 Å². The van der Waals surface area contributed by atoms with Crippen LogP contribution in [0.15, 0.2) is 16.6 Å². The van der Waals surface area contributed by atoms with Crippen LogP contribution in [-0.2, 0) is 6.42 Å². The van der Waals surface area contributed by atoms with Gasteiger partial charge in [0, 0.05) is 4.47 Å². The Morgan fingerprint density at radius 2 is 2.08 bits per heavy atom. The molecule has 1 aromatic rings. The van der Waals surface area contributed by atoms with Gasteiger partial charge in [-0.25, -0.2) is 0 Å². The first kappa shape index (κ1) is 9.01. The van der Waals surface area contributed by atoms with E-state index in [1.165, 1.54) is 39.6 Å². The van der Waals surface area contributed by atoms with Crippen molar-refractivity contribution in [1.82, 2.24) is 0 Å². The molecule has 1 heteroatoms. The van der Waals surface area contributed by atoms with Crippen molar-refractivity contribution < 1.29 is 0 Å². The fourth-order valence-electron chi connectivity index (χ4n) is 1.94. The van der Waals surface area contributed by atoms with E-state index in [2.05, 4.69) is 48.0 Å². The number of rotatable bonds is 0. The summed E-state index contributed by atoms with van der Waals surface area (Å²) in [7, 11) is 0. The summed E-state index contributed by atoms with van der Waals surface area (Å²) >= 11 is 3.60. The predicted molar refractivity (Wildman–Crippen MR) is 61.0 cm³/mol. The van der Waals surface area contributed by atoms with Gasteiger partial charge in [0.05, 0.1) is 0 Å². The number of allylic oxidation sites excluding steroid dienone is 1. The third kappa shape index (κ3) is 1.46. The van der Waals surface area contributed by atoms with E-state index >= 15 is 0 Å². The molecule has 0 radical (unpaired) electrons. The minimum absolute atomic E-state index is 1.18. The fraction of sp³-hybridized carbons (Fsp3) is 0.333. The molecule has 0 aliphatic heterocycles. The predicted octanol–water partition coefficient (Wildman–Crippen LogP) is 4.03. The SMILES string of the molecule is Cc1cc(Br)c(C)c2c1C=CCC2. The number of fused-ring (bicyclic) bond motifs is 1. The van der Waals surface area contributed by atoms with E-state index in [0.717, 1.165) is 0 Å². The van der Waals surface area contributed by atoms with Gasteiger partial charge in [-0.2, -0.15) is 0 Å². The Morgan fingerprint density at radius 1 is 1.31 bits per heavy atom. The van der Waals surface area contributed by atoms with Crippen molar-refractivity contribution >= 4 is 22.0 Å². The topological polar surface area (TPSA) is 0 Å². The lowest BCUT2D eigenvalue weighted by Crippen LogP contribution is -2.00. The van der Waals surface area contributed by atoms with E-state index in [1.807, 2.05) is 0 Å². The molecule has 0 unspecified atom stereocenters. The van der Waals surface area contributed by atoms with Crippen molar-refractivity contribution in [2.75, 3.05) is 0 Å². The van der Waals surface area contributed by atoms with Gasteiger partial charge in [0.1, 0.15) is 0 Å². The summed E-state index contributed by atoms with van der Waals surface area (Å²) < 4.78 is 1.25. The van der Waals surface area contributed by atoms with Gasteiger partial charge in [-0.05, 0) is 55.0 Å². The maximum Gasteiger partial charge on any atom is 0.0210 e. The zero-order chi connectivity index (χ0) is 9.42. The number of hydrogen-bond acceptors (Lipinski definition) is 0. The largest absolute Gasteiger partial charge is 0.0836 e. The molecule has 0 fully saturated rings. The number of aryl methyl sites for hydroxylation is 1. The van der Waals surface area contributed by atoms with Crippen LogP contribution in [0.5, 0.6) is 0 Å². The Balaban J connectivity index is 2.71. The van der Waals surface area contributed by atoms with Gasteiger partial charge in [0.15, 0.2) is 0 Å². The summed E-state index contributed by atoms with van der Waals surface area (Å²) in [5.41, 5.74) is 5.75. The average Bonchev–Trinajstić information content (AvgIpc) is 2.15. The first-order chi connectivity index (χ1) is 6.20. The molecule has 0 N–H and O–H groups in total. The van der Waals surface area contributed by atoms with Crippen LogP contribution in [0, 0.1) is 13.8 Å². The number of benzene rings is 1. The average molecular weight is 237 g/mol. The Hall–Kier alpha value is -0.560. The van der Waals surface area contributed by atoms with Crippen LogP contribution < -0.4 is 0 Å². The van der Waals surface area contributed by atoms with Crippen LogP contribution in [-0.4, -0.2) is 0 Å². The molecule has 0 bridgehead atoms. The van der Waals surface area contributed by atoms with E-state index < -0.39 is 0 Å². The third-order valence-corrected chi connectivity index (χ3v) is 3.57. The van der Waals surface area contributed by atoms with E-state index in [-0.39, 0.29) is 0 Å². The van der Waals surface area contributed by atoms with Crippen LogP contribution in [0.4, 0.5) is 0 Å². The maximum absolute atomic E-state index is 3.60. The number of halogens is 1. The second-order valence-corrected chi connectivity index (χ2v) is 4.49. The standard InChI is InChI=1S/C12H13Br/c1-8-7-12(13)9(2)11-6-4-3-5-10(8)11/h3,5,7H,4,6H2,1-2H3. The van der Waals surface area contributed by atoms with Crippen molar-refractivity contribution in [1.29, 1.82) is 0 Å². The van der Waals surface area contributed by atoms with Crippen molar-refractivity contribution in [3.05, 3.63) is 38.9 Å².